The Morgan fingerprint density at radius 3 is 0.588 bits per heavy atom. The molecule has 0 saturated carbocycles. The third-order valence-corrected chi connectivity index (χ3v) is 25.6. The molecule has 0 fully saturated rings. The van der Waals surface area contributed by atoms with E-state index in [1.165, 1.54) is 284 Å². The number of hydrogen-bond acceptors (Lipinski definition) is 8. The van der Waals surface area contributed by atoms with Crippen LogP contribution in [0, 0.1) is 27.7 Å². The zero-order valence-corrected chi connectivity index (χ0v) is 57.4. The minimum absolute atomic E-state index is 1.22. The first-order valence-electron chi connectivity index (χ1n) is 32.0. The van der Waals surface area contributed by atoms with Gasteiger partial charge < -0.3 is 0 Å². The molecule has 0 aliphatic rings. The molecular weight excluding hydrogens is 1120 g/mol. The molecule has 436 valence electrons. The third kappa shape index (κ3) is 21.0. The van der Waals surface area contributed by atoms with Crippen LogP contribution in [0.5, 0.6) is 0 Å². The molecule has 0 saturated heterocycles. The van der Waals surface area contributed by atoms with Crippen LogP contribution in [0.3, 0.4) is 0 Å². The highest BCUT2D eigenvalue weighted by Crippen LogP contribution is 2.47. The van der Waals surface area contributed by atoms with E-state index in [1.807, 2.05) is 90.7 Å². The van der Waals surface area contributed by atoms with E-state index < -0.39 is 0 Å². The van der Waals surface area contributed by atoms with Crippen molar-refractivity contribution in [1.82, 2.24) is 0 Å². The molecule has 0 amide bonds. The van der Waals surface area contributed by atoms with Crippen molar-refractivity contribution in [3.05, 3.63) is 115 Å². The van der Waals surface area contributed by atoms with Crippen LogP contribution in [0.1, 0.15) is 249 Å². The van der Waals surface area contributed by atoms with E-state index in [9.17, 15) is 0 Å². The van der Waals surface area contributed by atoms with Gasteiger partial charge >= 0.3 is 0 Å². The summed E-state index contributed by atoms with van der Waals surface area (Å²) in [6.45, 7) is 18.3. The lowest BCUT2D eigenvalue weighted by Crippen LogP contribution is -1.86. The van der Waals surface area contributed by atoms with Gasteiger partial charge in [0.25, 0.3) is 0 Å². The van der Waals surface area contributed by atoms with E-state index in [-0.39, 0.29) is 0 Å². The normalized spacial score (nSPS) is 11.6. The van der Waals surface area contributed by atoms with Crippen LogP contribution in [0.25, 0.3) is 58.5 Å². The quantitative estimate of drug-likeness (QED) is 0.0338. The van der Waals surface area contributed by atoms with E-state index in [2.05, 4.69) is 128 Å². The second-order valence-corrected chi connectivity index (χ2v) is 32.3. The molecule has 0 radical (unpaired) electrons. The first kappa shape index (κ1) is 65.1. The maximum absolute atomic E-state index is 2.46. The molecule has 0 bridgehead atoms. The van der Waals surface area contributed by atoms with Crippen LogP contribution >= 0.6 is 90.7 Å². The predicted octanol–water partition coefficient (Wildman–Crippen LogP) is 28.3. The van der Waals surface area contributed by atoms with Crippen LogP contribution in [-0.4, -0.2) is 0 Å². The zero-order chi connectivity index (χ0) is 56.3. The summed E-state index contributed by atoms with van der Waals surface area (Å²) in [5.74, 6) is 0. The molecular formula is C72H100S8. The van der Waals surface area contributed by atoms with Crippen LogP contribution in [0.15, 0.2) is 72.8 Å². The van der Waals surface area contributed by atoms with E-state index in [0.717, 1.165) is 0 Å². The van der Waals surface area contributed by atoms with E-state index >= 15 is 0 Å². The number of aryl methyl sites for hydroxylation is 8. The summed E-state index contributed by atoms with van der Waals surface area (Å²) in [5.41, 5.74) is 6.28. The van der Waals surface area contributed by atoms with Crippen molar-refractivity contribution in [1.29, 1.82) is 0 Å². The highest BCUT2D eigenvalue weighted by atomic mass is 32.1. The molecule has 0 aliphatic carbocycles. The summed E-state index contributed by atoms with van der Waals surface area (Å²) < 4.78 is 0. The van der Waals surface area contributed by atoms with Gasteiger partial charge in [-0.2, -0.15) is 0 Å². The second kappa shape index (κ2) is 36.4. The lowest BCUT2D eigenvalue weighted by atomic mass is 10.0. The summed E-state index contributed by atoms with van der Waals surface area (Å²) in [6, 6.07) is 28.7. The van der Waals surface area contributed by atoms with Crippen molar-refractivity contribution in [3.8, 4) is 58.5 Å². The molecule has 0 aromatic carbocycles. The molecule has 0 unspecified atom stereocenters. The lowest BCUT2D eigenvalue weighted by molar-refractivity contribution is 0.576. The van der Waals surface area contributed by atoms with Gasteiger partial charge in [0.05, 0.1) is 0 Å². The third-order valence-electron chi connectivity index (χ3n) is 15.7. The summed E-state index contributed by atoms with van der Waals surface area (Å²) in [6.07, 6.45) is 43.5. The van der Waals surface area contributed by atoms with Crippen molar-refractivity contribution in [2.75, 3.05) is 0 Å². The molecule has 8 aromatic rings. The van der Waals surface area contributed by atoms with Crippen molar-refractivity contribution in [3.63, 3.8) is 0 Å². The molecule has 0 aliphatic heterocycles. The Balaban J connectivity index is 0.000000232. The van der Waals surface area contributed by atoms with Crippen molar-refractivity contribution < 1.29 is 0 Å². The Hall–Kier alpha value is -2.40. The minimum Gasteiger partial charge on any atom is -0.139 e. The van der Waals surface area contributed by atoms with Gasteiger partial charge in [0.15, 0.2) is 0 Å². The molecule has 0 spiro atoms. The second-order valence-electron chi connectivity index (χ2n) is 23.0. The highest BCUT2D eigenvalue weighted by Gasteiger charge is 2.19. The van der Waals surface area contributed by atoms with Gasteiger partial charge in [0.2, 0.25) is 0 Å². The standard InChI is InChI=1S/C38H54S4.C34H46S4/c1-5-7-9-11-13-15-17-19-21-31-27-29(3)39-37(31)35-25-23-33(41-35)34-24-26-36(42-34)38-32(28-30(4)40-38)22-20-18-16-14-12-10-8-6-2;1-5-7-9-11-13-15-17-27-23-25(3)35-33(27)31-21-19-29(37-31)30-20-22-32(38-30)34-28(24-26(4)36-34)18-16-14-12-10-8-6-2/h23-28H,5-22H2,1-4H3;19-24H,5-18H2,1-4H3. The number of unbranched alkanes of at least 4 members (excludes halogenated alkanes) is 24. The highest BCUT2D eigenvalue weighted by molar-refractivity contribution is 7.29. The van der Waals surface area contributed by atoms with Gasteiger partial charge in [-0.25, -0.2) is 0 Å². The maximum atomic E-state index is 2.46. The SMILES string of the molecule is CCCCCCCCCCc1cc(C)sc1-c1ccc(-c2ccc(-c3sc(C)cc3CCCCCCCCCC)s2)s1.CCCCCCCCc1cc(C)sc1-c1ccc(-c2ccc(-c3sc(C)cc3CCCCCCCC)s2)s1. The summed E-state index contributed by atoms with van der Waals surface area (Å²) in [5, 5.41) is 0. The van der Waals surface area contributed by atoms with Crippen LogP contribution in [-0.2, 0) is 25.7 Å². The largest absolute Gasteiger partial charge is 0.139 e. The summed E-state index contributed by atoms with van der Waals surface area (Å²) >= 11 is 15.9. The average molecular weight is 1220 g/mol. The van der Waals surface area contributed by atoms with Crippen molar-refractivity contribution >= 4 is 90.7 Å². The van der Waals surface area contributed by atoms with E-state index in [4.69, 9.17) is 0 Å². The zero-order valence-electron chi connectivity index (χ0n) is 50.8. The molecule has 80 heavy (non-hydrogen) atoms. The summed E-state index contributed by atoms with van der Waals surface area (Å²) in [4.78, 5) is 23.3. The molecule has 8 aromatic heterocycles. The first-order chi connectivity index (χ1) is 39.2. The lowest BCUT2D eigenvalue weighted by Gasteiger charge is -2.04. The van der Waals surface area contributed by atoms with E-state index in [1.54, 1.807) is 22.3 Å². The fourth-order valence-corrected chi connectivity index (χ4v) is 20.3. The molecule has 8 rings (SSSR count). The maximum Gasteiger partial charge on any atom is 0.0477 e. The summed E-state index contributed by atoms with van der Waals surface area (Å²) in [7, 11) is 0. The Morgan fingerprint density at radius 2 is 0.388 bits per heavy atom. The number of thiophene rings is 8. The minimum atomic E-state index is 1.22. The Labute approximate surface area is 520 Å². The van der Waals surface area contributed by atoms with Gasteiger partial charge in [0, 0.05) is 78.0 Å². The number of hydrogen-bond donors (Lipinski definition) is 0. The van der Waals surface area contributed by atoms with Crippen molar-refractivity contribution in [2.45, 2.75) is 261 Å². The number of rotatable bonds is 38. The van der Waals surface area contributed by atoms with Gasteiger partial charge in [0.1, 0.15) is 0 Å². The fourth-order valence-electron chi connectivity index (χ4n) is 11.3. The van der Waals surface area contributed by atoms with Crippen molar-refractivity contribution in [2.24, 2.45) is 0 Å². The van der Waals surface area contributed by atoms with Crippen LogP contribution < -0.4 is 0 Å². The molecule has 0 nitrogen and oxygen atoms in total. The smallest absolute Gasteiger partial charge is 0.0477 e. The van der Waals surface area contributed by atoms with E-state index in [0.29, 0.717) is 0 Å². The average Bonchev–Trinajstić information content (AvgIpc) is 4.35. The van der Waals surface area contributed by atoms with Gasteiger partial charge in [-0.3, -0.25) is 0 Å². The van der Waals surface area contributed by atoms with Crippen LogP contribution in [0.4, 0.5) is 0 Å². The Kier molecular flexibility index (Phi) is 29.7. The Bertz CT molecular complexity index is 2720. The van der Waals surface area contributed by atoms with Gasteiger partial charge in [-0.15, -0.1) is 90.7 Å². The first-order valence-corrected chi connectivity index (χ1v) is 38.5. The molecule has 0 atom stereocenters. The molecule has 0 N–H and O–H groups in total. The predicted molar refractivity (Wildman–Crippen MR) is 374 cm³/mol. The monoisotopic (exact) mass is 1220 g/mol. The molecule has 8 heterocycles. The topological polar surface area (TPSA) is 0 Å². The fraction of sp³-hybridized carbons (Fsp3) is 0.556. The Morgan fingerprint density at radius 1 is 0.212 bits per heavy atom. The van der Waals surface area contributed by atoms with Gasteiger partial charge in [-0.05, 0) is 174 Å². The van der Waals surface area contributed by atoms with Gasteiger partial charge in [-0.1, -0.05) is 182 Å². The molecule has 8 heteroatoms. The van der Waals surface area contributed by atoms with Crippen LogP contribution in [0.2, 0.25) is 0 Å².